The standard InChI is InChI=1S/C11H10N4O2/c1-2-7-14-8-12-11(13-14)9-5-3-4-6-10(9)15(16)17/h2-6,8H,1,7H2. The van der Waals surface area contributed by atoms with Crippen molar-refractivity contribution in [3.63, 3.8) is 0 Å². The third kappa shape index (κ3) is 2.20. The van der Waals surface area contributed by atoms with Gasteiger partial charge in [0.1, 0.15) is 6.33 Å². The lowest BCUT2D eigenvalue weighted by atomic mass is 10.2. The molecular weight excluding hydrogens is 220 g/mol. The van der Waals surface area contributed by atoms with Crippen LogP contribution in [0.15, 0.2) is 43.2 Å². The van der Waals surface area contributed by atoms with Crippen LogP contribution in [0.25, 0.3) is 11.4 Å². The van der Waals surface area contributed by atoms with Crippen LogP contribution in [0.5, 0.6) is 0 Å². The molecule has 0 aliphatic rings. The molecular formula is C11H10N4O2. The molecule has 17 heavy (non-hydrogen) atoms. The molecule has 86 valence electrons. The third-order valence-electron chi connectivity index (χ3n) is 2.19. The normalized spacial score (nSPS) is 10.1. The Bertz CT molecular complexity index is 562. The molecule has 0 spiro atoms. The molecule has 6 nitrogen and oxygen atoms in total. The van der Waals surface area contributed by atoms with Gasteiger partial charge in [-0.1, -0.05) is 18.2 Å². The van der Waals surface area contributed by atoms with Crippen LogP contribution < -0.4 is 0 Å². The Balaban J connectivity index is 2.44. The highest BCUT2D eigenvalue weighted by atomic mass is 16.6. The fourth-order valence-corrected chi connectivity index (χ4v) is 1.46. The molecule has 0 radical (unpaired) electrons. The van der Waals surface area contributed by atoms with Crippen LogP contribution in [0, 0.1) is 10.1 Å². The first-order valence-electron chi connectivity index (χ1n) is 4.96. The summed E-state index contributed by atoms with van der Waals surface area (Å²) >= 11 is 0. The molecule has 0 amide bonds. The molecule has 0 aliphatic heterocycles. The molecule has 0 saturated carbocycles. The molecule has 0 unspecified atom stereocenters. The highest BCUT2D eigenvalue weighted by molar-refractivity contribution is 5.67. The summed E-state index contributed by atoms with van der Waals surface area (Å²) in [4.78, 5) is 14.5. The number of allylic oxidation sites excluding steroid dienone is 1. The zero-order valence-electron chi connectivity index (χ0n) is 8.98. The monoisotopic (exact) mass is 230 g/mol. The van der Waals surface area contributed by atoms with E-state index in [1.807, 2.05) is 0 Å². The van der Waals surface area contributed by atoms with Gasteiger partial charge in [-0.25, -0.2) is 9.67 Å². The zero-order chi connectivity index (χ0) is 12.3. The van der Waals surface area contributed by atoms with Gasteiger partial charge in [0.15, 0.2) is 5.82 Å². The smallest absolute Gasteiger partial charge is 0.258 e. The number of para-hydroxylation sites is 1. The highest BCUT2D eigenvalue weighted by Gasteiger charge is 2.17. The second kappa shape index (κ2) is 4.56. The van der Waals surface area contributed by atoms with Gasteiger partial charge < -0.3 is 0 Å². The molecule has 1 aromatic heterocycles. The molecule has 0 fully saturated rings. The lowest BCUT2D eigenvalue weighted by Gasteiger charge is -1.97. The Morgan fingerprint density at radius 1 is 1.47 bits per heavy atom. The summed E-state index contributed by atoms with van der Waals surface area (Å²) in [5.41, 5.74) is 0.421. The van der Waals surface area contributed by atoms with Crippen LogP contribution in [0.1, 0.15) is 0 Å². The summed E-state index contributed by atoms with van der Waals surface area (Å²) in [6.45, 7) is 4.11. The van der Waals surface area contributed by atoms with Gasteiger partial charge in [0.2, 0.25) is 0 Å². The number of benzene rings is 1. The van der Waals surface area contributed by atoms with Gasteiger partial charge in [0.05, 0.1) is 17.0 Å². The number of nitro benzene ring substituents is 1. The topological polar surface area (TPSA) is 73.8 Å². The van der Waals surface area contributed by atoms with E-state index in [0.29, 0.717) is 17.9 Å². The Morgan fingerprint density at radius 2 is 2.24 bits per heavy atom. The van der Waals surface area contributed by atoms with Gasteiger partial charge >= 0.3 is 0 Å². The largest absolute Gasteiger partial charge is 0.280 e. The van der Waals surface area contributed by atoms with Crippen LogP contribution in [0.3, 0.4) is 0 Å². The highest BCUT2D eigenvalue weighted by Crippen LogP contribution is 2.26. The summed E-state index contributed by atoms with van der Waals surface area (Å²) < 4.78 is 1.57. The molecule has 2 rings (SSSR count). The maximum Gasteiger partial charge on any atom is 0.280 e. The van der Waals surface area contributed by atoms with Crippen LogP contribution in [-0.2, 0) is 6.54 Å². The number of hydrogen-bond acceptors (Lipinski definition) is 4. The van der Waals surface area contributed by atoms with Crippen molar-refractivity contribution in [2.24, 2.45) is 0 Å². The van der Waals surface area contributed by atoms with Crippen molar-refractivity contribution in [1.82, 2.24) is 14.8 Å². The Hall–Kier alpha value is -2.50. The summed E-state index contributed by atoms with van der Waals surface area (Å²) in [5, 5.41) is 15.0. The zero-order valence-corrected chi connectivity index (χ0v) is 8.98. The Kier molecular flexibility index (Phi) is 2.95. The van der Waals surface area contributed by atoms with Gasteiger partial charge in [-0.15, -0.1) is 6.58 Å². The van der Waals surface area contributed by atoms with Crippen molar-refractivity contribution in [2.75, 3.05) is 0 Å². The molecule has 0 bridgehead atoms. The summed E-state index contributed by atoms with van der Waals surface area (Å²) in [6.07, 6.45) is 3.20. The number of hydrogen-bond donors (Lipinski definition) is 0. The quantitative estimate of drug-likeness (QED) is 0.457. The molecule has 0 aliphatic carbocycles. The van der Waals surface area contributed by atoms with Crippen LogP contribution >= 0.6 is 0 Å². The first kappa shape index (κ1) is 11.0. The van der Waals surface area contributed by atoms with E-state index in [4.69, 9.17) is 0 Å². The average molecular weight is 230 g/mol. The van der Waals surface area contributed by atoms with Crippen LogP contribution in [0.4, 0.5) is 5.69 Å². The van der Waals surface area contributed by atoms with Crippen molar-refractivity contribution in [2.45, 2.75) is 6.54 Å². The van der Waals surface area contributed by atoms with Crippen molar-refractivity contribution in [3.8, 4) is 11.4 Å². The van der Waals surface area contributed by atoms with Crippen molar-refractivity contribution >= 4 is 5.69 Å². The van der Waals surface area contributed by atoms with Gasteiger partial charge in [-0.3, -0.25) is 10.1 Å². The first-order chi connectivity index (χ1) is 8.22. The number of nitrogens with zero attached hydrogens (tertiary/aromatic N) is 4. The molecule has 0 atom stereocenters. The Morgan fingerprint density at radius 3 is 2.94 bits per heavy atom. The van der Waals surface area contributed by atoms with E-state index >= 15 is 0 Å². The molecule has 6 heteroatoms. The van der Waals surface area contributed by atoms with E-state index in [-0.39, 0.29) is 5.69 Å². The minimum absolute atomic E-state index is 0.00357. The second-order valence-electron chi connectivity index (χ2n) is 3.35. The molecule has 0 N–H and O–H groups in total. The van der Waals surface area contributed by atoms with E-state index in [1.54, 1.807) is 29.0 Å². The number of aromatic nitrogens is 3. The molecule has 1 aromatic carbocycles. The lowest BCUT2D eigenvalue weighted by Crippen LogP contribution is -1.96. The predicted octanol–water partition coefficient (Wildman–Crippen LogP) is 2.04. The number of nitro groups is 1. The van der Waals surface area contributed by atoms with Gasteiger partial charge in [0, 0.05) is 6.07 Å². The first-order valence-corrected chi connectivity index (χ1v) is 4.96. The number of rotatable bonds is 4. The predicted molar refractivity (Wildman–Crippen MR) is 62.3 cm³/mol. The van der Waals surface area contributed by atoms with E-state index in [0.717, 1.165) is 0 Å². The molecule has 2 aromatic rings. The average Bonchev–Trinajstić information content (AvgIpc) is 2.78. The van der Waals surface area contributed by atoms with Crippen LogP contribution in [-0.4, -0.2) is 19.7 Å². The van der Waals surface area contributed by atoms with E-state index in [2.05, 4.69) is 16.7 Å². The SMILES string of the molecule is C=CCn1cnc(-c2ccccc2[N+](=O)[O-])n1. The van der Waals surface area contributed by atoms with Crippen LogP contribution in [0.2, 0.25) is 0 Å². The third-order valence-corrected chi connectivity index (χ3v) is 2.19. The Labute approximate surface area is 97.4 Å². The minimum Gasteiger partial charge on any atom is -0.258 e. The van der Waals surface area contributed by atoms with E-state index in [1.165, 1.54) is 12.4 Å². The van der Waals surface area contributed by atoms with E-state index in [9.17, 15) is 10.1 Å². The van der Waals surface area contributed by atoms with E-state index < -0.39 is 4.92 Å². The van der Waals surface area contributed by atoms with Gasteiger partial charge in [-0.2, -0.15) is 5.10 Å². The van der Waals surface area contributed by atoms with Gasteiger partial charge in [0.25, 0.3) is 5.69 Å². The summed E-state index contributed by atoms with van der Waals surface area (Å²) in [7, 11) is 0. The maximum absolute atomic E-state index is 10.9. The summed E-state index contributed by atoms with van der Waals surface area (Å²) in [6, 6.07) is 6.40. The molecule has 1 heterocycles. The minimum atomic E-state index is -0.441. The van der Waals surface area contributed by atoms with Gasteiger partial charge in [-0.05, 0) is 6.07 Å². The van der Waals surface area contributed by atoms with Crippen molar-refractivity contribution in [1.29, 1.82) is 0 Å². The maximum atomic E-state index is 10.9. The summed E-state index contributed by atoms with van der Waals surface area (Å²) in [5.74, 6) is 0.346. The van der Waals surface area contributed by atoms with Crippen molar-refractivity contribution in [3.05, 3.63) is 53.4 Å². The fraction of sp³-hybridized carbons (Fsp3) is 0.0909. The lowest BCUT2D eigenvalue weighted by molar-refractivity contribution is -0.384. The van der Waals surface area contributed by atoms with Crippen molar-refractivity contribution < 1.29 is 4.92 Å². The second-order valence-corrected chi connectivity index (χ2v) is 3.35. The molecule has 0 saturated heterocycles. The fourth-order valence-electron chi connectivity index (χ4n) is 1.46.